The summed E-state index contributed by atoms with van der Waals surface area (Å²) in [6, 6.07) is 2.99. The van der Waals surface area contributed by atoms with Gasteiger partial charge in [0.25, 0.3) is 12.1 Å². The smallest absolute Gasteiger partial charge is 0.270 e. The number of nitro groups is 1. The van der Waals surface area contributed by atoms with Crippen LogP contribution >= 0.6 is 0 Å². The molecule has 1 rings (SSSR count). The van der Waals surface area contributed by atoms with Crippen molar-refractivity contribution >= 4 is 21.4 Å². The van der Waals surface area contributed by atoms with E-state index in [1.54, 1.807) is 0 Å². The first kappa shape index (κ1) is 17.2. The van der Waals surface area contributed by atoms with Crippen molar-refractivity contribution in [1.29, 1.82) is 0 Å². The second-order valence-electron chi connectivity index (χ2n) is 4.35. The molecule has 0 aliphatic heterocycles. The van der Waals surface area contributed by atoms with Crippen molar-refractivity contribution in [1.82, 2.24) is 4.31 Å². The van der Waals surface area contributed by atoms with Gasteiger partial charge in [0.1, 0.15) is 0 Å². The van der Waals surface area contributed by atoms with E-state index in [4.69, 9.17) is 0 Å². The molecule has 0 saturated carbocycles. The third kappa shape index (κ3) is 4.60. The van der Waals surface area contributed by atoms with Crippen molar-refractivity contribution in [2.24, 2.45) is 0 Å². The molecule has 1 N–H and O–H groups in total. The van der Waals surface area contributed by atoms with Gasteiger partial charge in [-0.1, -0.05) is 0 Å². The van der Waals surface area contributed by atoms with Crippen LogP contribution < -0.4 is 5.32 Å². The molecule has 0 heterocycles. The zero-order valence-electron chi connectivity index (χ0n) is 11.4. The summed E-state index contributed by atoms with van der Waals surface area (Å²) in [7, 11) is -0.714. The SMILES string of the molecule is CN(C)S(=O)(=O)CCNc1ccc([N+](=O)[O-])cc1C(F)F. The summed E-state index contributed by atoms with van der Waals surface area (Å²) in [6.07, 6.45) is -2.90. The minimum atomic E-state index is -3.45. The Kier molecular flexibility index (Phi) is 5.55. The van der Waals surface area contributed by atoms with Crippen LogP contribution in [0.25, 0.3) is 0 Å². The van der Waals surface area contributed by atoms with Gasteiger partial charge in [0, 0.05) is 44.0 Å². The van der Waals surface area contributed by atoms with Crippen LogP contribution in [0.3, 0.4) is 0 Å². The summed E-state index contributed by atoms with van der Waals surface area (Å²) in [5.41, 5.74) is -1.01. The maximum atomic E-state index is 12.9. The Morgan fingerprint density at radius 2 is 2.00 bits per heavy atom. The highest BCUT2D eigenvalue weighted by molar-refractivity contribution is 7.89. The molecule has 0 unspecified atom stereocenters. The fourth-order valence-electron chi connectivity index (χ4n) is 1.50. The molecule has 7 nitrogen and oxygen atoms in total. The number of halogens is 2. The largest absolute Gasteiger partial charge is 0.384 e. The van der Waals surface area contributed by atoms with Gasteiger partial charge in [-0.15, -0.1) is 0 Å². The highest BCUT2D eigenvalue weighted by Gasteiger charge is 2.19. The molecule has 21 heavy (non-hydrogen) atoms. The number of nitrogens with zero attached hydrogens (tertiary/aromatic N) is 2. The van der Waals surface area contributed by atoms with Crippen molar-refractivity contribution in [2.45, 2.75) is 6.43 Å². The zero-order chi connectivity index (χ0) is 16.2. The Hall–Kier alpha value is -1.81. The van der Waals surface area contributed by atoms with Gasteiger partial charge in [-0.05, 0) is 6.07 Å². The topological polar surface area (TPSA) is 92.6 Å². The van der Waals surface area contributed by atoms with E-state index in [0.717, 1.165) is 22.5 Å². The molecule has 0 atom stereocenters. The van der Waals surface area contributed by atoms with E-state index in [0.29, 0.717) is 0 Å². The maximum Gasteiger partial charge on any atom is 0.270 e. The van der Waals surface area contributed by atoms with Crippen molar-refractivity contribution in [3.05, 3.63) is 33.9 Å². The first-order chi connectivity index (χ1) is 9.65. The average Bonchev–Trinajstić information content (AvgIpc) is 2.38. The van der Waals surface area contributed by atoms with E-state index < -0.39 is 32.6 Å². The van der Waals surface area contributed by atoms with Gasteiger partial charge in [0.2, 0.25) is 10.0 Å². The highest BCUT2D eigenvalue weighted by Crippen LogP contribution is 2.30. The summed E-state index contributed by atoms with van der Waals surface area (Å²) in [5.74, 6) is -0.278. The lowest BCUT2D eigenvalue weighted by Crippen LogP contribution is -2.28. The van der Waals surface area contributed by atoms with Crippen LogP contribution in [0.15, 0.2) is 18.2 Å². The van der Waals surface area contributed by atoms with Crippen molar-refractivity contribution in [3.63, 3.8) is 0 Å². The monoisotopic (exact) mass is 323 g/mol. The number of anilines is 1. The Morgan fingerprint density at radius 1 is 1.38 bits per heavy atom. The normalized spacial score (nSPS) is 11.9. The minimum Gasteiger partial charge on any atom is -0.384 e. The predicted octanol–water partition coefficient (Wildman–Crippen LogP) is 1.84. The van der Waals surface area contributed by atoms with Gasteiger partial charge in [-0.25, -0.2) is 21.5 Å². The van der Waals surface area contributed by atoms with Crippen LogP contribution in [-0.2, 0) is 10.0 Å². The third-order valence-corrected chi connectivity index (χ3v) is 4.55. The molecule has 10 heteroatoms. The van der Waals surface area contributed by atoms with E-state index in [1.165, 1.54) is 14.1 Å². The molecular formula is C11H15F2N3O4S. The van der Waals surface area contributed by atoms with Gasteiger partial charge in [-0.2, -0.15) is 0 Å². The number of benzene rings is 1. The molecule has 0 aromatic heterocycles. The lowest BCUT2D eigenvalue weighted by Gasteiger charge is -2.14. The quantitative estimate of drug-likeness (QED) is 0.610. The van der Waals surface area contributed by atoms with Crippen LogP contribution in [0, 0.1) is 10.1 Å². The van der Waals surface area contributed by atoms with Gasteiger partial charge in [0.15, 0.2) is 0 Å². The Morgan fingerprint density at radius 3 is 2.48 bits per heavy atom. The molecule has 0 aliphatic rings. The number of rotatable bonds is 7. The number of non-ortho nitro benzene ring substituents is 1. The molecule has 0 radical (unpaired) electrons. The second-order valence-corrected chi connectivity index (χ2v) is 6.66. The van der Waals surface area contributed by atoms with Crippen molar-refractivity contribution in [2.75, 3.05) is 31.7 Å². The zero-order valence-corrected chi connectivity index (χ0v) is 12.2. The van der Waals surface area contributed by atoms with E-state index in [1.807, 2.05) is 0 Å². The molecule has 0 spiro atoms. The van der Waals surface area contributed by atoms with Crippen LogP contribution in [0.4, 0.5) is 20.2 Å². The number of hydrogen-bond donors (Lipinski definition) is 1. The van der Waals surface area contributed by atoms with E-state index >= 15 is 0 Å². The van der Waals surface area contributed by atoms with Crippen LogP contribution in [0.1, 0.15) is 12.0 Å². The molecule has 0 bridgehead atoms. The lowest BCUT2D eigenvalue weighted by molar-refractivity contribution is -0.385. The number of alkyl halides is 2. The Balaban J connectivity index is 2.87. The van der Waals surface area contributed by atoms with Gasteiger partial charge in [0.05, 0.1) is 10.7 Å². The lowest BCUT2D eigenvalue weighted by atomic mass is 10.1. The third-order valence-electron chi connectivity index (χ3n) is 2.71. The first-order valence-corrected chi connectivity index (χ1v) is 7.46. The van der Waals surface area contributed by atoms with E-state index in [9.17, 15) is 27.3 Å². The number of sulfonamides is 1. The number of nitrogens with one attached hydrogen (secondary N) is 1. The maximum absolute atomic E-state index is 12.9. The van der Waals surface area contributed by atoms with Crippen LogP contribution in [0.2, 0.25) is 0 Å². The van der Waals surface area contributed by atoms with Crippen LogP contribution in [-0.4, -0.2) is 44.0 Å². The van der Waals surface area contributed by atoms with Crippen molar-refractivity contribution < 1.29 is 22.1 Å². The number of hydrogen-bond acceptors (Lipinski definition) is 5. The molecule has 1 aromatic rings. The van der Waals surface area contributed by atoms with Crippen molar-refractivity contribution in [3.8, 4) is 0 Å². The molecule has 0 fully saturated rings. The summed E-state index contributed by atoms with van der Waals surface area (Å²) >= 11 is 0. The summed E-state index contributed by atoms with van der Waals surface area (Å²) in [6.45, 7) is -0.0853. The van der Waals surface area contributed by atoms with Gasteiger partial charge < -0.3 is 5.32 Å². The standard InChI is InChI=1S/C11H15F2N3O4S/c1-15(2)21(19,20)6-5-14-10-4-3-8(16(17)18)7-9(10)11(12)13/h3-4,7,11,14H,5-6H2,1-2H3. The Bertz CT molecular complexity index is 620. The van der Waals surface area contributed by atoms with Gasteiger partial charge in [-0.3, -0.25) is 10.1 Å². The summed E-state index contributed by atoms with van der Waals surface area (Å²) in [5, 5.41) is 13.1. The molecule has 0 aliphatic carbocycles. The number of nitro benzene ring substituents is 1. The van der Waals surface area contributed by atoms with Gasteiger partial charge >= 0.3 is 0 Å². The predicted molar refractivity (Wildman–Crippen MR) is 74.0 cm³/mol. The Labute approximate surface area is 120 Å². The van der Waals surface area contributed by atoms with Crippen LogP contribution in [0.5, 0.6) is 0 Å². The fraction of sp³-hybridized carbons (Fsp3) is 0.455. The first-order valence-electron chi connectivity index (χ1n) is 5.85. The minimum absolute atomic E-state index is 0.0236. The summed E-state index contributed by atoms with van der Waals surface area (Å²) < 4.78 is 49.8. The molecule has 0 saturated heterocycles. The highest BCUT2D eigenvalue weighted by atomic mass is 32.2. The van der Waals surface area contributed by atoms with E-state index in [2.05, 4.69) is 5.32 Å². The van der Waals surface area contributed by atoms with E-state index in [-0.39, 0.29) is 18.0 Å². The molecule has 0 amide bonds. The second kappa shape index (κ2) is 6.76. The summed E-state index contributed by atoms with van der Waals surface area (Å²) in [4.78, 5) is 9.79. The molecular weight excluding hydrogens is 308 g/mol. The molecule has 118 valence electrons. The fourth-order valence-corrected chi connectivity index (χ4v) is 2.23. The average molecular weight is 323 g/mol. The molecule has 1 aromatic carbocycles.